The maximum Gasteiger partial charge on any atom is 0.247 e. The van der Waals surface area contributed by atoms with E-state index in [0.29, 0.717) is 31.0 Å². The maximum atomic E-state index is 13.6. The van der Waals surface area contributed by atoms with Gasteiger partial charge in [-0.25, -0.2) is 12.8 Å². The van der Waals surface area contributed by atoms with Gasteiger partial charge in [0.05, 0.1) is 4.90 Å². The molecule has 1 amide bonds. The summed E-state index contributed by atoms with van der Waals surface area (Å²) in [6, 6.07) is 10.1. The molecule has 0 radical (unpaired) electrons. The first-order valence-electron chi connectivity index (χ1n) is 13.5. The van der Waals surface area contributed by atoms with Crippen molar-refractivity contribution in [3.05, 3.63) is 59.7 Å². The normalized spacial score (nSPS) is 16.7. The molecule has 3 aromatic rings. The number of hydrogen-bond acceptors (Lipinski definition) is 7. The van der Waals surface area contributed by atoms with Gasteiger partial charge in [-0.2, -0.15) is 4.72 Å². The minimum Gasteiger partial charge on any atom is -0.421 e. The Labute approximate surface area is 228 Å². The Hall–Kier alpha value is -3.31. The van der Waals surface area contributed by atoms with E-state index in [1.165, 1.54) is 24.6 Å². The zero-order valence-corrected chi connectivity index (χ0v) is 22.8. The average Bonchev–Trinajstić information content (AvgIpc) is 3.54. The highest BCUT2D eigenvalue weighted by Gasteiger charge is 2.30. The molecule has 208 valence electrons. The van der Waals surface area contributed by atoms with Gasteiger partial charge in [0.1, 0.15) is 11.9 Å². The lowest BCUT2D eigenvalue weighted by Gasteiger charge is -2.27. The van der Waals surface area contributed by atoms with Crippen LogP contribution in [-0.2, 0) is 21.2 Å². The molecule has 1 aromatic heterocycles. The van der Waals surface area contributed by atoms with Crippen molar-refractivity contribution in [3.63, 3.8) is 0 Å². The SMILES string of the molecule is Cc1nnc(-c2cccc(S(=O)(=O)NC(CC3CCCCC3)C(=O)NCCN3CCc4cc(F)ccc43)c2)o1. The molecule has 1 aliphatic heterocycles. The second kappa shape index (κ2) is 11.8. The highest BCUT2D eigenvalue weighted by Crippen LogP contribution is 2.29. The van der Waals surface area contributed by atoms with Crippen molar-refractivity contribution in [2.24, 2.45) is 5.92 Å². The fourth-order valence-corrected chi connectivity index (χ4v) is 6.79. The van der Waals surface area contributed by atoms with Crippen molar-refractivity contribution in [1.82, 2.24) is 20.2 Å². The number of anilines is 1. The zero-order valence-electron chi connectivity index (χ0n) is 22.0. The second-order valence-corrected chi connectivity index (χ2v) is 12.1. The van der Waals surface area contributed by atoms with Crippen molar-refractivity contribution in [1.29, 1.82) is 0 Å². The Morgan fingerprint density at radius 3 is 2.74 bits per heavy atom. The summed E-state index contributed by atoms with van der Waals surface area (Å²) >= 11 is 0. The second-order valence-electron chi connectivity index (χ2n) is 10.4. The van der Waals surface area contributed by atoms with Gasteiger partial charge in [-0.15, -0.1) is 10.2 Å². The number of carbonyl (C=O) groups is 1. The monoisotopic (exact) mass is 555 g/mol. The predicted molar refractivity (Wildman–Crippen MR) is 145 cm³/mol. The van der Waals surface area contributed by atoms with Gasteiger partial charge < -0.3 is 14.6 Å². The van der Waals surface area contributed by atoms with Gasteiger partial charge in [-0.1, -0.05) is 38.2 Å². The van der Waals surface area contributed by atoms with Gasteiger partial charge in [0.2, 0.25) is 27.7 Å². The van der Waals surface area contributed by atoms with Crippen LogP contribution in [0.1, 0.15) is 50.0 Å². The Morgan fingerprint density at radius 1 is 1.15 bits per heavy atom. The van der Waals surface area contributed by atoms with Crippen LogP contribution < -0.4 is 14.9 Å². The third-order valence-electron chi connectivity index (χ3n) is 7.54. The van der Waals surface area contributed by atoms with Gasteiger partial charge >= 0.3 is 0 Å². The number of halogens is 1. The van der Waals surface area contributed by atoms with Crippen LogP contribution in [0.25, 0.3) is 11.5 Å². The molecular formula is C28H34FN5O4S. The lowest BCUT2D eigenvalue weighted by Crippen LogP contribution is -2.49. The molecule has 39 heavy (non-hydrogen) atoms. The molecule has 2 aliphatic rings. The quantitative estimate of drug-likeness (QED) is 0.389. The summed E-state index contributed by atoms with van der Waals surface area (Å²) in [5.41, 5.74) is 2.42. The minimum atomic E-state index is -4.01. The topological polar surface area (TPSA) is 117 Å². The number of benzene rings is 2. The van der Waals surface area contributed by atoms with E-state index in [2.05, 4.69) is 25.1 Å². The van der Waals surface area contributed by atoms with E-state index in [1.807, 2.05) is 0 Å². The van der Waals surface area contributed by atoms with Crippen LogP contribution in [-0.4, -0.2) is 50.2 Å². The van der Waals surface area contributed by atoms with Crippen molar-refractivity contribution in [2.45, 2.75) is 62.8 Å². The number of carbonyl (C=O) groups excluding carboxylic acids is 1. The molecule has 0 saturated heterocycles. The highest BCUT2D eigenvalue weighted by atomic mass is 32.2. The van der Waals surface area contributed by atoms with Crippen LogP contribution >= 0.6 is 0 Å². The third-order valence-corrected chi connectivity index (χ3v) is 9.01. The molecule has 11 heteroatoms. The zero-order chi connectivity index (χ0) is 27.4. The Morgan fingerprint density at radius 2 is 1.97 bits per heavy atom. The maximum absolute atomic E-state index is 13.6. The molecule has 2 aromatic carbocycles. The van der Waals surface area contributed by atoms with Gasteiger partial charge in [0.15, 0.2) is 0 Å². The van der Waals surface area contributed by atoms with Crippen LogP contribution in [0, 0.1) is 18.7 Å². The largest absolute Gasteiger partial charge is 0.421 e. The first-order chi connectivity index (χ1) is 18.8. The number of aryl methyl sites for hydroxylation is 1. The van der Waals surface area contributed by atoms with Gasteiger partial charge in [0.25, 0.3) is 0 Å². The van der Waals surface area contributed by atoms with E-state index >= 15 is 0 Å². The predicted octanol–water partition coefficient (Wildman–Crippen LogP) is 3.98. The third kappa shape index (κ3) is 6.65. The summed E-state index contributed by atoms with van der Waals surface area (Å²) in [5, 5.41) is 10.7. The fourth-order valence-electron chi connectivity index (χ4n) is 5.54. The van der Waals surface area contributed by atoms with Crippen LogP contribution in [0.5, 0.6) is 0 Å². The van der Waals surface area contributed by atoms with Gasteiger partial charge in [-0.05, 0) is 60.7 Å². The Bertz CT molecular complexity index is 1420. The smallest absolute Gasteiger partial charge is 0.247 e. The van der Waals surface area contributed by atoms with E-state index in [0.717, 1.165) is 49.9 Å². The Balaban J connectivity index is 1.27. The van der Waals surface area contributed by atoms with Crippen LogP contribution in [0.2, 0.25) is 0 Å². The number of amides is 1. The molecule has 2 N–H and O–H groups in total. The molecule has 2 heterocycles. The molecule has 9 nitrogen and oxygen atoms in total. The van der Waals surface area contributed by atoms with Crippen molar-refractivity contribution in [2.75, 3.05) is 24.5 Å². The molecule has 1 saturated carbocycles. The number of aromatic nitrogens is 2. The van der Waals surface area contributed by atoms with Crippen LogP contribution in [0.3, 0.4) is 0 Å². The summed E-state index contributed by atoms with van der Waals surface area (Å²) in [6.45, 7) is 3.32. The van der Waals surface area contributed by atoms with Crippen LogP contribution in [0.4, 0.5) is 10.1 Å². The van der Waals surface area contributed by atoms with E-state index < -0.39 is 16.1 Å². The Kier molecular flexibility index (Phi) is 8.27. The fraction of sp³-hybridized carbons (Fsp3) is 0.464. The van der Waals surface area contributed by atoms with Gasteiger partial charge in [-0.3, -0.25) is 4.79 Å². The van der Waals surface area contributed by atoms with Crippen molar-refractivity contribution < 1.29 is 22.0 Å². The number of hydrogen-bond donors (Lipinski definition) is 2. The first-order valence-corrected chi connectivity index (χ1v) is 15.0. The van der Waals surface area contributed by atoms with E-state index in [9.17, 15) is 17.6 Å². The van der Waals surface area contributed by atoms with E-state index in [1.54, 1.807) is 31.2 Å². The number of nitrogens with one attached hydrogen (secondary N) is 2. The molecule has 1 aliphatic carbocycles. The summed E-state index contributed by atoms with van der Waals surface area (Å²) in [7, 11) is -4.01. The number of sulfonamides is 1. The summed E-state index contributed by atoms with van der Waals surface area (Å²) in [6.07, 6.45) is 6.52. The van der Waals surface area contributed by atoms with E-state index in [-0.39, 0.29) is 28.4 Å². The summed E-state index contributed by atoms with van der Waals surface area (Å²) in [4.78, 5) is 15.5. The van der Waals surface area contributed by atoms with Gasteiger partial charge in [0, 0.05) is 37.8 Å². The molecule has 5 rings (SSSR count). The number of fused-ring (bicyclic) bond motifs is 1. The lowest BCUT2D eigenvalue weighted by atomic mass is 9.85. The van der Waals surface area contributed by atoms with Crippen molar-refractivity contribution in [3.8, 4) is 11.5 Å². The molecule has 1 atom stereocenters. The van der Waals surface area contributed by atoms with Crippen LogP contribution in [0.15, 0.2) is 51.8 Å². The van der Waals surface area contributed by atoms with Crippen molar-refractivity contribution >= 4 is 21.6 Å². The average molecular weight is 556 g/mol. The first kappa shape index (κ1) is 27.3. The summed E-state index contributed by atoms with van der Waals surface area (Å²) in [5.74, 6) is 0.300. The highest BCUT2D eigenvalue weighted by molar-refractivity contribution is 7.89. The molecular weight excluding hydrogens is 521 g/mol. The standard InChI is InChI=1S/C28H34FN5O4S/c1-19-31-32-28(38-19)22-8-5-9-24(18-22)39(36,37)33-25(16-20-6-3-2-4-7-20)27(35)30-13-15-34-14-12-21-17-23(29)10-11-26(21)34/h5,8-11,17-18,20,25,33H,2-4,6-7,12-16H2,1H3,(H,30,35). The minimum absolute atomic E-state index is 0.0261. The molecule has 0 spiro atoms. The lowest BCUT2D eigenvalue weighted by molar-refractivity contribution is -0.123. The van der Waals surface area contributed by atoms with E-state index in [4.69, 9.17) is 4.42 Å². The number of nitrogens with zero attached hydrogens (tertiary/aromatic N) is 3. The molecule has 1 fully saturated rings. The molecule has 0 bridgehead atoms. The number of rotatable bonds is 10. The molecule has 1 unspecified atom stereocenters. The summed E-state index contributed by atoms with van der Waals surface area (Å²) < 4.78 is 48.5.